The normalized spacial score (nSPS) is 13.0. The number of amides is 1. The van der Waals surface area contributed by atoms with E-state index in [9.17, 15) is 13.2 Å². The van der Waals surface area contributed by atoms with Crippen molar-refractivity contribution in [2.45, 2.75) is 24.7 Å². The van der Waals surface area contributed by atoms with E-state index in [1.807, 2.05) is 6.92 Å². The van der Waals surface area contributed by atoms with Crippen LogP contribution in [-0.4, -0.2) is 20.9 Å². The third kappa shape index (κ3) is 5.37. The molecule has 1 rings (SSSR count). The minimum Gasteiger partial charge on any atom is -0.330 e. The zero-order chi connectivity index (χ0) is 14.5. The first kappa shape index (κ1) is 15.6. The summed E-state index contributed by atoms with van der Waals surface area (Å²) in [5, 5.41) is 7.66. The van der Waals surface area contributed by atoms with Crippen molar-refractivity contribution >= 4 is 21.6 Å². The number of nitrogens with one attached hydrogen (secondary N) is 1. The molecule has 106 valence electrons. The maximum Gasteiger partial charge on any atom is 0.238 e. The quantitative estimate of drug-likeness (QED) is 0.711. The van der Waals surface area contributed by atoms with Gasteiger partial charge >= 0.3 is 0 Å². The van der Waals surface area contributed by atoms with E-state index in [-0.39, 0.29) is 10.8 Å². The average Bonchev–Trinajstić information content (AvgIpc) is 2.35. The Morgan fingerprint density at radius 2 is 1.89 bits per heavy atom. The lowest BCUT2D eigenvalue weighted by molar-refractivity contribution is -0.116. The van der Waals surface area contributed by atoms with Gasteiger partial charge in [-0.05, 0) is 43.1 Å². The smallest absolute Gasteiger partial charge is 0.238 e. The van der Waals surface area contributed by atoms with Crippen LogP contribution >= 0.6 is 0 Å². The molecule has 6 nitrogen and oxygen atoms in total. The molecular formula is C12H19N3O3S. The van der Waals surface area contributed by atoms with Gasteiger partial charge in [0.15, 0.2) is 0 Å². The predicted octanol–water partition coefficient (Wildman–Crippen LogP) is 0.648. The molecule has 0 spiro atoms. The number of primary sulfonamides is 1. The zero-order valence-electron chi connectivity index (χ0n) is 10.8. The highest BCUT2D eigenvalue weighted by Crippen LogP contribution is 2.13. The Kier molecular flexibility index (Phi) is 5.46. The lowest BCUT2D eigenvalue weighted by atomic mass is 10.1. The van der Waals surface area contributed by atoms with Gasteiger partial charge in [0.25, 0.3) is 0 Å². The van der Waals surface area contributed by atoms with E-state index in [0.717, 1.165) is 6.42 Å². The number of anilines is 1. The van der Waals surface area contributed by atoms with Gasteiger partial charge in [-0.25, -0.2) is 13.6 Å². The molecule has 5 N–H and O–H groups in total. The number of nitrogens with two attached hydrogens (primary N) is 2. The first-order valence-electron chi connectivity index (χ1n) is 5.95. The average molecular weight is 285 g/mol. The lowest BCUT2D eigenvalue weighted by Crippen LogP contribution is -2.16. The standard InChI is InChI=1S/C12H19N3O3S/c1-9(8-13)2-7-12(16)15-10-3-5-11(6-4-10)19(14,17)18/h3-6,9H,2,7-8,13H2,1H3,(H,15,16)(H2,14,17,18). The summed E-state index contributed by atoms with van der Waals surface area (Å²) in [6.45, 7) is 2.53. The fourth-order valence-electron chi connectivity index (χ4n) is 1.45. The minimum absolute atomic E-state index is 0.0160. The first-order valence-corrected chi connectivity index (χ1v) is 7.50. The summed E-state index contributed by atoms with van der Waals surface area (Å²) < 4.78 is 22.1. The lowest BCUT2D eigenvalue weighted by Gasteiger charge is -2.09. The fourth-order valence-corrected chi connectivity index (χ4v) is 1.96. The van der Waals surface area contributed by atoms with Crippen LogP contribution in [0.3, 0.4) is 0 Å². The molecule has 1 amide bonds. The van der Waals surface area contributed by atoms with Gasteiger partial charge in [0.05, 0.1) is 4.90 Å². The van der Waals surface area contributed by atoms with Crippen LogP contribution in [0, 0.1) is 5.92 Å². The number of carbonyl (C=O) groups excluding carboxylic acids is 1. The van der Waals surface area contributed by atoms with Crippen LogP contribution in [0.2, 0.25) is 0 Å². The highest BCUT2D eigenvalue weighted by molar-refractivity contribution is 7.89. The second-order valence-corrected chi connectivity index (χ2v) is 6.06. The number of hydrogen-bond acceptors (Lipinski definition) is 4. The molecule has 0 heterocycles. The van der Waals surface area contributed by atoms with Gasteiger partial charge in [0, 0.05) is 12.1 Å². The topological polar surface area (TPSA) is 115 Å². The summed E-state index contributed by atoms with van der Waals surface area (Å²) in [4.78, 5) is 11.6. The van der Waals surface area contributed by atoms with Crippen molar-refractivity contribution in [1.29, 1.82) is 0 Å². The molecule has 0 aliphatic rings. The van der Waals surface area contributed by atoms with Crippen molar-refractivity contribution in [3.05, 3.63) is 24.3 Å². The summed E-state index contributed by atoms with van der Waals surface area (Å²) >= 11 is 0. The van der Waals surface area contributed by atoms with E-state index in [0.29, 0.717) is 24.6 Å². The summed E-state index contributed by atoms with van der Waals surface area (Å²) in [7, 11) is -3.70. The minimum atomic E-state index is -3.70. The Hall–Kier alpha value is -1.44. The molecule has 0 saturated carbocycles. The monoisotopic (exact) mass is 285 g/mol. The van der Waals surface area contributed by atoms with Crippen molar-refractivity contribution in [2.24, 2.45) is 16.8 Å². The van der Waals surface area contributed by atoms with Crippen LogP contribution in [0.15, 0.2) is 29.2 Å². The molecule has 1 aromatic rings. The van der Waals surface area contributed by atoms with Crippen molar-refractivity contribution in [3.8, 4) is 0 Å². The number of rotatable bonds is 6. The van der Waals surface area contributed by atoms with E-state index in [1.54, 1.807) is 0 Å². The maximum absolute atomic E-state index is 11.6. The van der Waals surface area contributed by atoms with Crippen LogP contribution in [0.25, 0.3) is 0 Å². The molecule has 0 aliphatic carbocycles. The van der Waals surface area contributed by atoms with Crippen molar-refractivity contribution in [2.75, 3.05) is 11.9 Å². The van der Waals surface area contributed by atoms with Crippen LogP contribution in [0.4, 0.5) is 5.69 Å². The maximum atomic E-state index is 11.6. The SMILES string of the molecule is CC(CN)CCC(=O)Nc1ccc(S(N)(=O)=O)cc1. The molecule has 0 aromatic heterocycles. The Morgan fingerprint density at radius 3 is 2.37 bits per heavy atom. The van der Waals surface area contributed by atoms with E-state index >= 15 is 0 Å². The highest BCUT2D eigenvalue weighted by atomic mass is 32.2. The third-order valence-corrected chi connectivity index (χ3v) is 3.66. The van der Waals surface area contributed by atoms with Crippen molar-refractivity contribution < 1.29 is 13.2 Å². The van der Waals surface area contributed by atoms with Gasteiger partial charge in [-0.2, -0.15) is 0 Å². The molecule has 0 bridgehead atoms. The van der Waals surface area contributed by atoms with Crippen LogP contribution in [0.5, 0.6) is 0 Å². The third-order valence-electron chi connectivity index (χ3n) is 2.73. The fraction of sp³-hybridized carbons (Fsp3) is 0.417. The number of carbonyl (C=O) groups is 1. The second-order valence-electron chi connectivity index (χ2n) is 4.50. The summed E-state index contributed by atoms with van der Waals surface area (Å²) in [5.41, 5.74) is 6.01. The molecule has 0 aliphatic heterocycles. The van der Waals surface area contributed by atoms with Crippen molar-refractivity contribution in [3.63, 3.8) is 0 Å². The highest BCUT2D eigenvalue weighted by Gasteiger charge is 2.09. The molecule has 1 atom stereocenters. The molecule has 19 heavy (non-hydrogen) atoms. The van der Waals surface area contributed by atoms with Gasteiger partial charge in [-0.1, -0.05) is 6.92 Å². The van der Waals surface area contributed by atoms with E-state index in [4.69, 9.17) is 10.9 Å². The van der Waals surface area contributed by atoms with Crippen molar-refractivity contribution in [1.82, 2.24) is 0 Å². The Balaban J connectivity index is 2.56. The van der Waals surface area contributed by atoms with Crippen LogP contribution in [-0.2, 0) is 14.8 Å². The Labute approximate surface area is 113 Å². The van der Waals surface area contributed by atoms with Gasteiger partial charge in [-0.3, -0.25) is 4.79 Å². The Bertz CT molecular complexity index is 526. The van der Waals surface area contributed by atoms with E-state index in [1.165, 1.54) is 24.3 Å². The van der Waals surface area contributed by atoms with E-state index in [2.05, 4.69) is 5.32 Å². The zero-order valence-corrected chi connectivity index (χ0v) is 11.6. The largest absolute Gasteiger partial charge is 0.330 e. The summed E-state index contributed by atoms with van der Waals surface area (Å²) in [6, 6.07) is 5.72. The van der Waals surface area contributed by atoms with E-state index < -0.39 is 10.0 Å². The molecule has 1 aromatic carbocycles. The first-order chi connectivity index (χ1) is 8.82. The van der Waals surface area contributed by atoms with Crippen LogP contribution < -0.4 is 16.2 Å². The second kappa shape index (κ2) is 6.65. The predicted molar refractivity (Wildman–Crippen MR) is 73.9 cm³/mol. The molecule has 7 heteroatoms. The molecule has 0 radical (unpaired) electrons. The molecule has 0 saturated heterocycles. The van der Waals surface area contributed by atoms with Gasteiger partial charge in [0.1, 0.15) is 0 Å². The molecule has 1 unspecified atom stereocenters. The van der Waals surface area contributed by atoms with Crippen LogP contribution in [0.1, 0.15) is 19.8 Å². The van der Waals surface area contributed by atoms with Gasteiger partial charge in [0.2, 0.25) is 15.9 Å². The summed E-state index contributed by atoms with van der Waals surface area (Å²) in [5.74, 6) is 0.180. The molecular weight excluding hydrogens is 266 g/mol. The van der Waals surface area contributed by atoms with Gasteiger partial charge < -0.3 is 11.1 Å². The number of benzene rings is 1. The summed E-state index contributed by atoms with van der Waals surface area (Å²) in [6.07, 6.45) is 1.10. The number of sulfonamides is 1. The number of hydrogen-bond donors (Lipinski definition) is 3. The molecule has 0 fully saturated rings. The Morgan fingerprint density at radius 1 is 1.32 bits per heavy atom. The van der Waals surface area contributed by atoms with Gasteiger partial charge in [-0.15, -0.1) is 0 Å².